The number of aromatic hydroxyl groups is 1. The SMILES string of the molecule is N#Cc1cc(O)c(C(=O)O)cc1OC(F)F. The second-order valence-corrected chi connectivity index (χ2v) is 2.66. The number of alkyl halides is 2. The Balaban J connectivity index is 3.30. The Morgan fingerprint density at radius 3 is 2.56 bits per heavy atom. The lowest BCUT2D eigenvalue weighted by atomic mass is 10.1. The van der Waals surface area contributed by atoms with Crippen LogP contribution in [0.1, 0.15) is 15.9 Å². The smallest absolute Gasteiger partial charge is 0.387 e. The lowest BCUT2D eigenvalue weighted by molar-refractivity contribution is -0.0501. The molecule has 0 aliphatic carbocycles. The van der Waals surface area contributed by atoms with E-state index in [9.17, 15) is 18.7 Å². The normalized spacial score (nSPS) is 9.88. The van der Waals surface area contributed by atoms with Crippen molar-refractivity contribution in [2.24, 2.45) is 0 Å². The van der Waals surface area contributed by atoms with Gasteiger partial charge in [-0.25, -0.2) is 4.79 Å². The number of halogens is 2. The molecule has 1 aromatic carbocycles. The molecule has 0 saturated carbocycles. The summed E-state index contributed by atoms with van der Waals surface area (Å²) < 4.78 is 27.8. The minimum atomic E-state index is -3.18. The van der Waals surface area contributed by atoms with Crippen molar-refractivity contribution >= 4 is 5.97 Å². The Kier molecular flexibility index (Phi) is 3.25. The van der Waals surface area contributed by atoms with Crippen molar-refractivity contribution in [2.45, 2.75) is 6.61 Å². The zero-order valence-electron chi connectivity index (χ0n) is 7.65. The molecule has 7 heteroatoms. The van der Waals surface area contributed by atoms with E-state index in [2.05, 4.69) is 4.74 Å². The van der Waals surface area contributed by atoms with E-state index in [0.29, 0.717) is 6.07 Å². The predicted octanol–water partition coefficient (Wildman–Crippen LogP) is 1.56. The summed E-state index contributed by atoms with van der Waals surface area (Å²) in [6.45, 7) is -3.18. The standard InChI is InChI=1S/C9H5F2NO4/c10-9(11)16-7-2-5(8(14)15)6(13)1-4(7)3-12/h1-2,9,13H,(H,14,15). The maximum atomic E-state index is 11.9. The molecule has 0 aliphatic rings. The number of nitrogens with zero attached hydrogens (tertiary/aromatic N) is 1. The van der Waals surface area contributed by atoms with Crippen LogP contribution >= 0.6 is 0 Å². The fraction of sp³-hybridized carbons (Fsp3) is 0.111. The molecule has 1 rings (SSSR count). The number of hydrogen-bond donors (Lipinski definition) is 2. The van der Waals surface area contributed by atoms with E-state index >= 15 is 0 Å². The zero-order valence-corrected chi connectivity index (χ0v) is 7.65. The Bertz CT molecular complexity index is 467. The molecule has 0 unspecified atom stereocenters. The first-order valence-corrected chi connectivity index (χ1v) is 3.91. The van der Waals surface area contributed by atoms with Gasteiger partial charge in [-0.05, 0) is 0 Å². The molecule has 0 amide bonds. The van der Waals surface area contributed by atoms with E-state index in [1.165, 1.54) is 6.07 Å². The molecule has 5 nitrogen and oxygen atoms in total. The molecule has 0 aliphatic heterocycles. The van der Waals surface area contributed by atoms with Gasteiger partial charge in [0.05, 0.1) is 5.56 Å². The summed E-state index contributed by atoms with van der Waals surface area (Å²) in [6.07, 6.45) is 0. The number of carboxylic acid groups (broad SMARTS) is 1. The van der Waals surface area contributed by atoms with Gasteiger partial charge < -0.3 is 14.9 Å². The summed E-state index contributed by atoms with van der Waals surface area (Å²) in [6, 6.07) is 2.92. The van der Waals surface area contributed by atoms with Gasteiger partial charge in [-0.2, -0.15) is 14.0 Å². The molecule has 16 heavy (non-hydrogen) atoms. The van der Waals surface area contributed by atoms with E-state index in [1.54, 1.807) is 0 Å². The van der Waals surface area contributed by atoms with Crippen LogP contribution < -0.4 is 4.74 Å². The highest BCUT2D eigenvalue weighted by molar-refractivity contribution is 5.91. The van der Waals surface area contributed by atoms with E-state index in [-0.39, 0.29) is 5.56 Å². The van der Waals surface area contributed by atoms with E-state index in [1.807, 2.05) is 0 Å². The van der Waals surface area contributed by atoms with Crippen molar-refractivity contribution in [2.75, 3.05) is 0 Å². The first-order valence-electron chi connectivity index (χ1n) is 3.91. The van der Waals surface area contributed by atoms with Crippen LogP contribution in [0.2, 0.25) is 0 Å². The molecule has 0 radical (unpaired) electrons. The summed E-state index contributed by atoms with van der Waals surface area (Å²) in [4.78, 5) is 10.6. The number of phenols is 1. The molecule has 84 valence electrons. The maximum absolute atomic E-state index is 11.9. The van der Waals surface area contributed by atoms with Crippen molar-refractivity contribution in [3.63, 3.8) is 0 Å². The largest absolute Gasteiger partial charge is 0.507 e. The fourth-order valence-corrected chi connectivity index (χ4v) is 1.02. The molecule has 0 fully saturated rings. The molecular formula is C9H5F2NO4. The minimum Gasteiger partial charge on any atom is -0.507 e. The van der Waals surface area contributed by atoms with Gasteiger partial charge in [0.25, 0.3) is 0 Å². The Morgan fingerprint density at radius 2 is 2.12 bits per heavy atom. The number of ether oxygens (including phenoxy) is 1. The quantitative estimate of drug-likeness (QED) is 0.820. The van der Waals surface area contributed by atoms with Crippen LogP contribution in [-0.4, -0.2) is 22.8 Å². The zero-order chi connectivity index (χ0) is 12.3. The Hall–Kier alpha value is -2.36. The van der Waals surface area contributed by atoms with Crippen molar-refractivity contribution in [1.29, 1.82) is 5.26 Å². The van der Waals surface area contributed by atoms with Crippen molar-refractivity contribution in [3.8, 4) is 17.6 Å². The Labute approximate surface area is 88.1 Å². The fourth-order valence-electron chi connectivity index (χ4n) is 1.02. The first-order chi connectivity index (χ1) is 7.45. The van der Waals surface area contributed by atoms with Crippen molar-refractivity contribution < 1.29 is 28.5 Å². The van der Waals surface area contributed by atoms with Crippen LogP contribution in [0.25, 0.3) is 0 Å². The van der Waals surface area contributed by atoms with Gasteiger partial charge in [-0.3, -0.25) is 0 Å². The predicted molar refractivity (Wildman–Crippen MR) is 46.4 cm³/mol. The third-order valence-corrected chi connectivity index (χ3v) is 1.66. The van der Waals surface area contributed by atoms with E-state index in [0.717, 1.165) is 6.07 Å². The number of carbonyl (C=O) groups is 1. The molecular weight excluding hydrogens is 224 g/mol. The third-order valence-electron chi connectivity index (χ3n) is 1.66. The molecule has 0 spiro atoms. The average Bonchev–Trinajstić information content (AvgIpc) is 2.18. The van der Waals surface area contributed by atoms with Crippen LogP contribution in [0.4, 0.5) is 8.78 Å². The van der Waals surface area contributed by atoms with Gasteiger partial charge in [0, 0.05) is 12.1 Å². The van der Waals surface area contributed by atoms with Crippen LogP contribution in [-0.2, 0) is 0 Å². The molecule has 0 bridgehead atoms. The second-order valence-electron chi connectivity index (χ2n) is 2.66. The maximum Gasteiger partial charge on any atom is 0.387 e. The van der Waals surface area contributed by atoms with Crippen LogP contribution in [0.15, 0.2) is 12.1 Å². The molecule has 1 aromatic rings. The number of nitriles is 1. The molecule has 2 N–H and O–H groups in total. The summed E-state index contributed by atoms with van der Waals surface area (Å²) in [5.74, 6) is -2.79. The van der Waals surface area contributed by atoms with Crippen LogP contribution in [0, 0.1) is 11.3 Å². The topological polar surface area (TPSA) is 90.5 Å². The average molecular weight is 229 g/mol. The number of hydrogen-bond acceptors (Lipinski definition) is 4. The van der Waals surface area contributed by atoms with Crippen LogP contribution in [0.3, 0.4) is 0 Å². The lowest BCUT2D eigenvalue weighted by Gasteiger charge is -2.08. The van der Waals surface area contributed by atoms with Gasteiger partial charge >= 0.3 is 12.6 Å². The highest BCUT2D eigenvalue weighted by atomic mass is 19.3. The van der Waals surface area contributed by atoms with Gasteiger partial charge in [-0.1, -0.05) is 0 Å². The monoisotopic (exact) mass is 229 g/mol. The lowest BCUT2D eigenvalue weighted by Crippen LogP contribution is -2.06. The molecule has 0 aromatic heterocycles. The number of rotatable bonds is 3. The van der Waals surface area contributed by atoms with E-state index in [4.69, 9.17) is 10.4 Å². The highest BCUT2D eigenvalue weighted by Crippen LogP contribution is 2.28. The van der Waals surface area contributed by atoms with E-state index < -0.39 is 29.6 Å². The Morgan fingerprint density at radius 1 is 1.50 bits per heavy atom. The second kappa shape index (κ2) is 4.44. The van der Waals surface area contributed by atoms with Gasteiger partial charge in [0.1, 0.15) is 23.1 Å². The highest BCUT2D eigenvalue weighted by Gasteiger charge is 2.17. The number of aromatic carboxylic acids is 1. The third kappa shape index (κ3) is 2.36. The first kappa shape index (κ1) is 11.7. The summed E-state index contributed by atoms with van der Waals surface area (Å²) >= 11 is 0. The molecule has 0 atom stereocenters. The number of benzene rings is 1. The van der Waals surface area contributed by atoms with Gasteiger partial charge in [-0.15, -0.1) is 0 Å². The summed E-state index contributed by atoms with van der Waals surface area (Å²) in [5.41, 5.74) is -0.988. The molecule has 0 saturated heterocycles. The summed E-state index contributed by atoms with van der Waals surface area (Å²) in [7, 11) is 0. The summed E-state index contributed by atoms with van der Waals surface area (Å²) in [5, 5.41) is 26.3. The van der Waals surface area contributed by atoms with Crippen molar-refractivity contribution in [1.82, 2.24) is 0 Å². The van der Waals surface area contributed by atoms with Crippen molar-refractivity contribution in [3.05, 3.63) is 23.3 Å². The molecule has 0 heterocycles. The van der Waals surface area contributed by atoms with Gasteiger partial charge in [0.15, 0.2) is 0 Å². The van der Waals surface area contributed by atoms with Gasteiger partial charge in [0.2, 0.25) is 0 Å². The minimum absolute atomic E-state index is 0.372. The van der Waals surface area contributed by atoms with Crippen LogP contribution in [0.5, 0.6) is 11.5 Å². The number of carboxylic acids is 1.